The van der Waals surface area contributed by atoms with E-state index in [2.05, 4.69) is 5.32 Å². The minimum atomic E-state index is -0.664. The number of nitrogens with one attached hydrogen (secondary N) is 1. The van der Waals surface area contributed by atoms with E-state index in [1.54, 1.807) is 0 Å². The molecule has 1 heterocycles. The number of halogens is 2. The molecule has 0 fully saturated rings. The van der Waals surface area contributed by atoms with Crippen molar-refractivity contribution in [1.82, 2.24) is 4.57 Å². The highest BCUT2D eigenvalue weighted by Gasteiger charge is 2.09. The van der Waals surface area contributed by atoms with Gasteiger partial charge in [0.15, 0.2) is 0 Å². The molecule has 0 radical (unpaired) electrons. The highest BCUT2D eigenvalue weighted by Crippen LogP contribution is 2.16. The van der Waals surface area contributed by atoms with Gasteiger partial charge in [-0.3, -0.25) is 4.79 Å². The number of anilines is 1. The Morgan fingerprint density at radius 3 is 2.39 bits per heavy atom. The standard InChI is InChI=1S/C18H14F2N2O/c19-14-5-8-16(20)17(12-14)21-18(23)11-13-3-6-15(7-4-13)22-9-1-2-10-22/h1-10,12H,11H2,(H,21,23). The number of nitrogens with zero attached hydrogens (tertiary/aromatic N) is 1. The van der Waals surface area contributed by atoms with E-state index in [0.717, 1.165) is 29.4 Å². The molecule has 0 unspecified atom stereocenters. The lowest BCUT2D eigenvalue weighted by atomic mass is 10.1. The number of rotatable bonds is 4. The van der Waals surface area contributed by atoms with Crippen LogP contribution in [-0.2, 0) is 11.2 Å². The molecule has 0 saturated heterocycles. The Balaban J connectivity index is 1.67. The highest BCUT2D eigenvalue weighted by atomic mass is 19.1. The van der Waals surface area contributed by atoms with Gasteiger partial charge in [0, 0.05) is 24.1 Å². The van der Waals surface area contributed by atoms with E-state index < -0.39 is 17.5 Å². The Labute approximate surface area is 132 Å². The van der Waals surface area contributed by atoms with Crippen LogP contribution in [-0.4, -0.2) is 10.5 Å². The summed E-state index contributed by atoms with van der Waals surface area (Å²) in [5.41, 5.74) is 1.62. The third-order valence-corrected chi connectivity index (χ3v) is 3.41. The highest BCUT2D eigenvalue weighted by molar-refractivity contribution is 5.92. The second-order valence-corrected chi connectivity index (χ2v) is 5.11. The first-order valence-corrected chi connectivity index (χ1v) is 7.09. The quantitative estimate of drug-likeness (QED) is 0.778. The van der Waals surface area contributed by atoms with Crippen LogP contribution < -0.4 is 5.32 Å². The van der Waals surface area contributed by atoms with Crippen molar-refractivity contribution in [2.75, 3.05) is 5.32 Å². The summed E-state index contributed by atoms with van der Waals surface area (Å²) < 4.78 is 28.5. The largest absolute Gasteiger partial charge is 0.324 e. The number of hydrogen-bond donors (Lipinski definition) is 1. The normalized spacial score (nSPS) is 10.5. The molecule has 1 amide bonds. The average molecular weight is 312 g/mol. The molecule has 0 spiro atoms. The number of hydrogen-bond acceptors (Lipinski definition) is 1. The molecule has 1 N–H and O–H groups in total. The molecular formula is C18H14F2N2O. The van der Waals surface area contributed by atoms with Gasteiger partial charge in [-0.1, -0.05) is 12.1 Å². The van der Waals surface area contributed by atoms with Gasteiger partial charge in [0.05, 0.1) is 12.1 Å². The summed E-state index contributed by atoms with van der Waals surface area (Å²) in [4.78, 5) is 12.0. The summed E-state index contributed by atoms with van der Waals surface area (Å²) >= 11 is 0. The maximum atomic E-state index is 13.5. The van der Waals surface area contributed by atoms with Crippen molar-refractivity contribution in [1.29, 1.82) is 0 Å². The summed E-state index contributed by atoms with van der Waals surface area (Å²) in [5.74, 6) is -1.66. The van der Waals surface area contributed by atoms with Gasteiger partial charge < -0.3 is 9.88 Å². The molecule has 1 aromatic heterocycles. The van der Waals surface area contributed by atoms with Gasteiger partial charge in [0.2, 0.25) is 5.91 Å². The number of benzene rings is 2. The first-order chi connectivity index (χ1) is 11.1. The lowest BCUT2D eigenvalue weighted by Crippen LogP contribution is -2.15. The van der Waals surface area contributed by atoms with Gasteiger partial charge in [-0.05, 0) is 42.0 Å². The molecule has 0 bridgehead atoms. The molecule has 2 aromatic carbocycles. The van der Waals surface area contributed by atoms with Crippen molar-refractivity contribution in [3.63, 3.8) is 0 Å². The van der Waals surface area contributed by atoms with Crippen molar-refractivity contribution < 1.29 is 13.6 Å². The van der Waals surface area contributed by atoms with E-state index in [0.29, 0.717) is 0 Å². The maximum absolute atomic E-state index is 13.5. The third kappa shape index (κ3) is 3.63. The second kappa shape index (κ2) is 6.44. The molecule has 0 aliphatic carbocycles. The molecule has 0 aliphatic heterocycles. The van der Waals surface area contributed by atoms with E-state index >= 15 is 0 Å². The van der Waals surface area contributed by atoms with Gasteiger partial charge >= 0.3 is 0 Å². The van der Waals surface area contributed by atoms with Crippen LogP contribution in [0.2, 0.25) is 0 Å². The lowest BCUT2D eigenvalue weighted by molar-refractivity contribution is -0.115. The van der Waals surface area contributed by atoms with Gasteiger partial charge in [-0.2, -0.15) is 0 Å². The Hall–Kier alpha value is -2.95. The van der Waals surface area contributed by atoms with Crippen LogP contribution in [0.15, 0.2) is 67.0 Å². The minimum Gasteiger partial charge on any atom is -0.324 e. The van der Waals surface area contributed by atoms with Crippen molar-refractivity contribution in [2.24, 2.45) is 0 Å². The first-order valence-electron chi connectivity index (χ1n) is 7.09. The van der Waals surface area contributed by atoms with Gasteiger partial charge in [0.25, 0.3) is 0 Å². The average Bonchev–Trinajstić information content (AvgIpc) is 3.06. The van der Waals surface area contributed by atoms with E-state index in [4.69, 9.17) is 0 Å². The number of carbonyl (C=O) groups excluding carboxylic acids is 1. The Morgan fingerprint density at radius 1 is 1.00 bits per heavy atom. The summed E-state index contributed by atoms with van der Waals surface area (Å²) in [7, 11) is 0. The fourth-order valence-corrected chi connectivity index (χ4v) is 2.27. The fraction of sp³-hybridized carbons (Fsp3) is 0.0556. The Morgan fingerprint density at radius 2 is 1.70 bits per heavy atom. The molecule has 0 atom stereocenters. The fourth-order valence-electron chi connectivity index (χ4n) is 2.27. The molecule has 116 valence electrons. The zero-order chi connectivity index (χ0) is 16.2. The van der Waals surface area contributed by atoms with Crippen LogP contribution in [0.25, 0.3) is 5.69 Å². The van der Waals surface area contributed by atoms with Crippen LogP contribution in [0, 0.1) is 11.6 Å². The SMILES string of the molecule is O=C(Cc1ccc(-n2cccc2)cc1)Nc1cc(F)ccc1F. The van der Waals surface area contributed by atoms with Crippen molar-refractivity contribution in [3.8, 4) is 5.69 Å². The van der Waals surface area contributed by atoms with Crippen molar-refractivity contribution >= 4 is 11.6 Å². The van der Waals surface area contributed by atoms with Crippen LogP contribution in [0.4, 0.5) is 14.5 Å². The molecular weight excluding hydrogens is 298 g/mol. The van der Waals surface area contributed by atoms with Crippen LogP contribution in [0.1, 0.15) is 5.56 Å². The predicted molar refractivity (Wildman–Crippen MR) is 84.5 cm³/mol. The van der Waals surface area contributed by atoms with E-state index in [9.17, 15) is 13.6 Å². The first kappa shape index (κ1) is 15.0. The summed E-state index contributed by atoms with van der Waals surface area (Å²) in [6.45, 7) is 0. The maximum Gasteiger partial charge on any atom is 0.228 e. The van der Waals surface area contributed by atoms with Crippen molar-refractivity contribution in [2.45, 2.75) is 6.42 Å². The number of aromatic nitrogens is 1. The number of amides is 1. The van der Waals surface area contributed by atoms with Crippen LogP contribution in [0.5, 0.6) is 0 Å². The molecule has 3 aromatic rings. The molecule has 3 nitrogen and oxygen atoms in total. The molecule has 5 heteroatoms. The van der Waals surface area contributed by atoms with Gasteiger partial charge in [-0.15, -0.1) is 0 Å². The Kier molecular flexibility index (Phi) is 4.19. The van der Waals surface area contributed by atoms with Crippen molar-refractivity contribution in [3.05, 3.63) is 84.2 Å². The molecule has 0 aliphatic rings. The van der Waals surface area contributed by atoms with Crippen LogP contribution >= 0.6 is 0 Å². The molecule has 3 rings (SSSR count). The smallest absolute Gasteiger partial charge is 0.228 e. The van der Waals surface area contributed by atoms with E-state index in [-0.39, 0.29) is 12.1 Å². The van der Waals surface area contributed by atoms with Gasteiger partial charge in [0.1, 0.15) is 11.6 Å². The second-order valence-electron chi connectivity index (χ2n) is 5.11. The predicted octanol–water partition coefficient (Wildman–Crippen LogP) is 3.94. The number of carbonyl (C=O) groups is 1. The third-order valence-electron chi connectivity index (χ3n) is 3.41. The molecule has 23 heavy (non-hydrogen) atoms. The van der Waals surface area contributed by atoms with E-state index in [1.807, 2.05) is 53.4 Å². The summed E-state index contributed by atoms with van der Waals surface area (Å²) in [6, 6.07) is 14.2. The summed E-state index contributed by atoms with van der Waals surface area (Å²) in [5, 5.41) is 2.38. The zero-order valence-corrected chi connectivity index (χ0v) is 12.2. The molecule has 0 saturated carbocycles. The van der Waals surface area contributed by atoms with Gasteiger partial charge in [-0.25, -0.2) is 8.78 Å². The topological polar surface area (TPSA) is 34.0 Å². The zero-order valence-electron chi connectivity index (χ0n) is 12.2. The summed E-state index contributed by atoms with van der Waals surface area (Å²) in [6.07, 6.45) is 3.94. The monoisotopic (exact) mass is 312 g/mol. The Bertz CT molecular complexity index is 812. The van der Waals surface area contributed by atoms with E-state index in [1.165, 1.54) is 0 Å². The minimum absolute atomic E-state index is 0.0852. The van der Waals surface area contributed by atoms with Crippen LogP contribution in [0.3, 0.4) is 0 Å². The lowest BCUT2D eigenvalue weighted by Gasteiger charge is -2.08.